The fourth-order valence-electron chi connectivity index (χ4n) is 4.04. The van der Waals surface area contributed by atoms with Gasteiger partial charge in [0.25, 0.3) is 0 Å². The summed E-state index contributed by atoms with van der Waals surface area (Å²) in [5.74, 6) is 0.433. The molecule has 1 aliphatic carbocycles. The Kier molecular flexibility index (Phi) is 7.76. The quantitative estimate of drug-likeness (QED) is 0.579. The van der Waals surface area contributed by atoms with E-state index in [0.29, 0.717) is 17.9 Å². The highest BCUT2D eigenvalue weighted by molar-refractivity contribution is 6.30. The minimum absolute atomic E-state index is 0.132. The van der Waals surface area contributed by atoms with Crippen LogP contribution in [0.25, 0.3) is 0 Å². The molecule has 28 heavy (non-hydrogen) atoms. The summed E-state index contributed by atoms with van der Waals surface area (Å²) in [6.45, 7) is 6.48. The van der Waals surface area contributed by atoms with E-state index in [-0.39, 0.29) is 11.7 Å². The van der Waals surface area contributed by atoms with E-state index >= 15 is 0 Å². The Hall–Kier alpha value is -2.20. The molecule has 0 amide bonds. The van der Waals surface area contributed by atoms with Crippen LogP contribution in [-0.2, 0) is 15.0 Å². The van der Waals surface area contributed by atoms with Crippen molar-refractivity contribution < 1.29 is 18.7 Å². The van der Waals surface area contributed by atoms with E-state index in [9.17, 15) is 9.18 Å². The third-order valence-electron chi connectivity index (χ3n) is 5.54. The second-order valence-electron chi connectivity index (χ2n) is 7.28. The van der Waals surface area contributed by atoms with Crippen molar-refractivity contribution in [2.75, 3.05) is 6.61 Å². The van der Waals surface area contributed by atoms with Gasteiger partial charge in [-0.25, -0.2) is 4.39 Å². The van der Waals surface area contributed by atoms with Crippen LogP contribution in [0, 0.1) is 25.6 Å². The maximum atomic E-state index is 14.2. The van der Waals surface area contributed by atoms with Gasteiger partial charge in [-0.05, 0) is 50.5 Å². The molecule has 0 bridgehead atoms. The normalized spacial score (nSPS) is 22.1. The molecule has 3 nitrogen and oxygen atoms in total. The van der Waals surface area contributed by atoms with E-state index in [2.05, 4.69) is 0 Å². The summed E-state index contributed by atoms with van der Waals surface area (Å²) in [6.07, 6.45) is 4.76. The van der Waals surface area contributed by atoms with E-state index in [0.717, 1.165) is 42.6 Å². The molecule has 0 radical (unpaired) electrons. The lowest BCUT2D eigenvalue weighted by atomic mass is 9.62. The first-order valence-corrected chi connectivity index (χ1v) is 9.75. The SMILES string of the molecule is C=O.Cc1ccc(Cl)cc1.Cc1ccc(F)c2c1OC[C@H]1CCCCC21C=O. The van der Waals surface area contributed by atoms with Crippen molar-refractivity contribution in [3.63, 3.8) is 0 Å². The zero-order valence-corrected chi connectivity index (χ0v) is 17.1. The van der Waals surface area contributed by atoms with Gasteiger partial charge in [-0.1, -0.05) is 48.2 Å². The van der Waals surface area contributed by atoms with Crippen molar-refractivity contribution in [3.8, 4) is 5.75 Å². The van der Waals surface area contributed by atoms with E-state index in [1.54, 1.807) is 6.07 Å². The fourth-order valence-corrected chi connectivity index (χ4v) is 4.17. The molecule has 1 fully saturated rings. The monoisotopic (exact) mass is 404 g/mol. The van der Waals surface area contributed by atoms with E-state index in [4.69, 9.17) is 21.1 Å². The number of rotatable bonds is 1. The van der Waals surface area contributed by atoms with Crippen LogP contribution >= 0.6 is 11.6 Å². The van der Waals surface area contributed by atoms with Gasteiger partial charge in [0.2, 0.25) is 0 Å². The second-order valence-corrected chi connectivity index (χ2v) is 7.71. The van der Waals surface area contributed by atoms with Gasteiger partial charge in [-0.3, -0.25) is 0 Å². The summed E-state index contributed by atoms with van der Waals surface area (Å²) in [4.78, 5) is 19.7. The van der Waals surface area contributed by atoms with Gasteiger partial charge >= 0.3 is 0 Å². The van der Waals surface area contributed by atoms with Gasteiger partial charge in [0.1, 0.15) is 24.6 Å². The fraction of sp³-hybridized carbons (Fsp3) is 0.391. The molecular weight excluding hydrogens is 379 g/mol. The summed E-state index contributed by atoms with van der Waals surface area (Å²) >= 11 is 5.61. The standard InChI is InChI=1S/C15H17FO2.C7H7Cl.CH2O/c1-10-5-6-12(16)13-14(10)18-8-11-4-2-3-7-15(11,13)9-17;1-6-2-4-7(8)5-3-6;1-2/h5-6,9,11H,2-4,7-8H2,1H3;2-5H,1H3;1H2/t11-,15?;;/m1../s1. The predicted octanol–water partition coefficient (Wildman–Crippen LogP) is 5.62. The molecular formula is C23H26ClFO3. The number of hydrogen-bond acceptors (Lipinski definition) is 3. The van der Waals surface area contributed by atoms with Gasteiger partial charge in [-0.15, -0.1) is 0 Å². The minimum Gasteiger partial charge on any atom is -0.493 e. The molecule has 1 aliphatic heterocycles. The average molecular weight is 405 g/mol. The summed E-state index contributed by atoms with van der Waals surface area (Å²) < 4.78 is 19.9. The third kappa shape index (κ3) is 4.44. The summed E-state index contributed by atoms with van der Waals surface area (Å²) in [5.41, 5.74) is 2.02. The molecule has 5 heteroatoms. The van der Waals surface area contributed by atoms with Gasteiger partial charge in [-0.2, -0.15) is 0 Å². The Labute approximate surface area is 170 Å². The zero-order chi connectivity index (χ0) is 20.7. The smallest absolute Gasteiger partial charge is 0.131 e. The molecule has 2 aliphatic rings. The highest BCUT2D eigenvalue weighted by Gasteiger charge is 2.48. The van der Waals surface area contributed by atoms with E-state index in [1.165, 1.54) is 11.6 Å². The number of carbonyl (C=O) groups is 2. The molecule has 1 saturated carbocycles. The lowest BCUT2D eigenvalue weighted by molar-refractivity contribution is -0.117. The average Bonchev–Trinajstić information content (AvgIpc) is 2.74. The summed E-state index contributed by atoms with van der Waals surface area (Å²) in [6, 6.07) is 10.9. The molecule has 2 aromatic carbocycles. The summed E-state index contributed by atoms with van der Waals surface area (Å²) in [5, 5.41) is 0.801. The second kappa shape index (κ2) is 9.83. The Balaban J connectivity index is 0.000000236. The Bertz CT molecular complexity index is 785. The van der Waals surface area contributed by atoms with Crippen molar-refractivity contribution in [3.05, 3.63) is 63.9 Å². The number of halogens is 2. The lowest BCUT2D eigenvalue weighted by Crippen LogP contribution is -2.46. The molecule has 1 unspecified atom stereocenters. The number of benzene rings is 2. The molecule has 0 aromatic heterocycles. The molecule has 1 heterocycles. The van der Waals surface area contributed by atoms with Crippen LogP contribution in [0.3, 0.4) is 0 Å². The van der Waals surface area contributed by atoms with E-state index < -0.39 is 5.41 Å². The number of ether oxygens (including phenoxy) is 1. The van der Waals surface area contributed by atoms with Crippen LogP contribution in [0.15, 0.2) is 36.4 Å². The summed E-state index contributed by atoms with van der Waals surface area (Å²) in [7, 11) is 0. The number of hydrogen-bond donors (Lipinski definition) is 0. The first-order chi connectivity index (χ1) is 13.5. The number of carbonyl (C=O) groups excluding carboxylic acids is 2. The van der Waals surface area contributed by atoms with Crippen LogP contribution in [0.1, 0.15) is 42.4 Å². The van der Waals surface area contributed by atoms with Crippen LogP contribution in [0.2, 0.25) is 5.02 Å². The van der Waals surface area contributed by atoms with Gasteiger partial charge < -0.3 is 14.3 Å². The van der Waals surface area contributed by atoms with Gasteiger partial charge in [0.15, 0.2) is 0 Å². The van der Waals surface area contributed by atoms with Crippen LogP contribution in [0.4, 0.5) is 4.39 Å². The maximum absolute atomic E-state index is 14.2. The third-order valence-corrected chi connectivity index (χ3v) is 5.79. The molecule has 2 atom stereocenters. The Morgan fingerprint density at radius 3 is 2.43 bits per heavy atom. The molecule has 4 rings (SSSR count). The molecule has 2 aromatic rings. The lowest BCUT2D eigenvalue weighted by Gasteiger charge is -2.44. The van der Waals surface area contributed by atoms with Gasteiger partial charge in [0.05, 0.1) is 12.0 Å². The highest BCUT2D eigenvalue weighted by Crippen LogP contribution is 2.50. The van der Waals surface area contributed by atoms with Crippen LogP contribution in [-0.4, -0.2) is 19.7 Å². The predicted molar refractivity (Wildman–Crippen MR) is 110 cm³/mol. The molecule has 0 N–H and O–H groups in total. The van der Waals surface area contributed by atoms with Crippen LogP contribution < -0.4 is 4.74 Å². The zero-order valence-electron chi connectivity index (χ0n) is 16.3. The topological polar surface area (TPSA) is 43.4 Å². The minimum atomic E-state index is -0.651. The Morgan fingerprint density at radius 1 is 1.14 bits per heavy atom. The highest BCUT2D eigenvalue weighted by atomic mass is 35.5. The number of aldehydes is 1. The largest absolute Gasteiger partial charge is 0.493 e. The van der Waals surface area contributed by atoms with E-state index in [1.807, 2.05) is 44.9 Å². The first-order valence-electron chi connectivity index (χ1n) is 9.37. The van der Waals surface area contributed by atoms with Crippen molar-refractivity contribution in [1.82, 2.24) is 0 Å². The van der Waals surface area contributed by atoms with Crippen molar-refractivity contribution >= 4 is 24.7 Å². The number of aryl methyl sites for hydroxylation is 2. The Morgan fingerprint density at radius 2 is 1.82 bits per heavy atom. The maximum Gasteiger partial charge on any atom is 0.131 e. The van der Waals surface area contributed by atoms with Gasteiger partial charge in [0, 0.05) is 16.5 Å². The molecule has 0 saturated heterocycles. The first kappa shape index (κ1) is 22.1. The van der Waals surface area contributed by atoms with Crippen LogP contribution in [0.5, 0.6) is 5.75 Å². The van der Waals surface area contributed by atoms with Crippen molar-refractivity contribution in [2.45, 2.75) is 44.9 Å². The van der Waals surface area contributed by atoms with Crippen molar-refractivity contribution in [2.24, 2.45) is 5.92 Å². The molecule has 150 valence electrons. The molecule has 0 spiro atoms. The van der Waals surface area contributed by atoms with Crippen molar-refractivity contribution in [1.29, 1.82) is 0 Å². The number of fused-ring (bicyclic) bond motifs is 3.